The molecule has 2 aromatic rings. The Labute approximate surface area is 146 Å². The second-order valence-electron chi connectivity index (χ2n) is 6.90. The molecular formula is C19H22N4O2. The van der Waals surface area contributed by atoms with E-state index in [0.29, 0.717) is 17.4 Å². The number of aromatic nitrogens is 2. The molecular weight excluding hydrogens is 316 g/mol. The summed E-state index contributed by atoms with van der Waals surface area (Å²) in [4.78, 5) is 29.6. The van der Waals surface area contributed by atoms with Gasteiger partial charge in [-0.15, -0.1) is 0 Å². The van der Waals surface area contributed by atoms with Crippen molar-refractivity contribution in [2.45, 2.75) is 31.8 Å². The lowest BCUT2D eigenvalue weighted by Gasteiger charge is -2.42. The van der Waals surface area contributed by atoms with E-state index >= 15 is 0 Å². The van der Waals surface area contributed by atoms with E-state index in [0.717, 1.165) is 26.1 Å². The minimum absolute atomic E-state index is 0.0938. The van der Waals surface area contributed by atoms with Gasteiger partial charge in [-0.1, -0.05) is 18.2 Å². The maximum Gasteiger partial charge on any atom is 0.274 e. The molecule has 4 rings (SSSR count). The highest BCUT2D eigenvalue weighted by Gasteiger charge is 2.37. The molecule has 1 aromatic carbocycles. The van der Waals surface area contributed by atoms with Crippen LogP contribution in [0.5, 0.6) is 0 Å². The number of carbonyl (C=O) groups excluding carboxylic acids is 1. The van der Waals surface area contributed by atoms with Gasteiger partial charge in [0.25, 0.3) is 11.5 Å². The number of carbonyl (C=O) groups is 1. The summed E-state index contributed by atoms with van der Waals surface area (Å²) >= 11 is 0. The van der Waals surface area contributed by atoms with E-state index in [1.807, 2.05) is 35.2 Å². The normalized spacial score (nSPS) is 23.5. The highest BCUT2D eigenvalue weighted by molar-refractivity contribution is 5.92. The standard InChI is InChI=1S/C19H22N4O2/c1-14-12-21-11-5-8-16(21)13-22(14)19(25)17-9-10-18(24)23(20-17)15-6-3-2-4-7-15/h2-4,6-7,9-10,14,16H,5,8,11-13H2,1H3/t14-,16-/m0/s1. The molecule has 25 heavy (non-hydrogen) atoms. The van der Waals surface area contributed by atoms with Crippen molar-refractivity contribution >= 4 is 5.91 Å². The number of piperazine rings is 1. The summed E-state index contributed by atoms with van der Waals surface area (Å²) in [6.45, 7) is 4.87. The van der Waals surface area contributed by atoms with Crippen molar-refractivity contribution in [1.29, 1.82) is 0 Å². The lowest BCUT2D eigenvalue weighted by Crippen LogP contribution is -2.57. The van der Waals surface area contributed by atoms with Gasteiger partial charge >= 0.3 is 0 Å². The molecule has 2 atom stereocenters. The number of hydrogen-bond donors (Lipinski definition) is 0. The van der Waals surface area contributed by atoms with Gasteiger partial charge in [-0.2, -0.15) is 9.78 Å². The first-order chi connectivity index (χ1) is 12.1. The van der Waals surface area contributed by atoms with Gasteiger partial charge in [-0.3, -0.25) is 14.5 Å². The summed E-state index contributed by atoms with van der Waals surface area (Å²) in [5.74, 6) is -0.0938. The molecule has 2 fully saturated rings. The summed E-state index contributed by atoms with van der Waals surface area (Å²) in [7, 11) is 0. The molecule has 0 spiro atoms. The van der Waals surface area contributed by atoms with E-state index < -0.39 is 0 Å². The zero-order chi connectivity index (χ0) is 17.4. The molecule has 2 saturated heterocycles. The van der Waals surface area contributed by atoms with Crippen LogP contribution in [-0.2, 0) is 0 Å². The van der Waals surface area contributed by atoms with Gasteiger partial charge < -0.3 is 4.90 Å². The largest absolute Gasteiger partial charge is 0.332 e. The second-order valence-corrected chi connectivity index (χ2v) is 6.90. The van der Waals surface area contributed by atoms with E-state index in [1.165, 1.54) is 23.2 Å². The van der Waals surface area contributed by atoms with Crippen molar-refractivity contribution in [2.24, 2.45) is 0 Å². The molecule has 6 nitrogen and oxygen atoms in total. The van der Waals surface area contributed by atoms with Crippen LogP contribution in [-0.4, -0.2) is 57.2 Å². The van der Waals surface area contributed by atoms with Crippen molar-refractivity contribution < 1.29 is 4.79 Å². The van der Waals surface area contributed by atoms with Crippen LogP contribution in [0.2, 0.25) is 0 Å². The van der Waals surface area contributed by atoms with Crippen LogP contribution in [0, 0.1) is 0 Å². The summed E-state index contributed by atoms with van der Waals surface area (Å²) in [5, 5.41) is 4.34. The predicted octanol–water partition coefficient (Wildman–Crippen LogP) is 1.54. The second kappa shape index (κ2) is 6.44. The number of rotatable bonds is 2. The average molecular weight is 338 g/mol. The molecule has 130 valence electrons. The smallest absolute Gasteiger partial charge is 0.274 e. The molecule has 0 bridgehead atoms. The SMILES string of the molecule is C[C@H]1CN2CCC[C@H]2CN1C(=O)c1ccc(=O)n(-c2ccccc2)n1. The van der Waals surface area contributed by atoms with Crippen LogP contribution in [0.1, 0.15) is 30.3 Å². The zero-order valence-electron chi connectivity index (χ0n) is 14.3. The van der Waals surface area contributed by atoms with Gasteiger partial charge in [-0.25, -0.2) is 0 Å². The first-order valence-electron chi connectivity index (χ1n) is 8.84. The third kappa shape index (κ3) is 2.98. The van der Waals surface area contributed by atoms with Crippen molar-refractivity contribution in [3.8, 4) is 5.69 Å². The molecule has 0 aliphatic carbocycles. The molecule has 1 aromatic heterocycles. The Hall–Kier alpha value is -2.47. The van der Waals surface area contributed by atoms with Crippen LogP contribution >= 0.6 is 0 Å². The summed E-state index contributed by atoms with van der Waals surface area (Å²) in [6, 6.07) is 12.8. The maximum absolute atomic E-state index is 13.0. The lowest BCUT2D eigenvalue weighted by atomic mass is 10.1. The number of para-hydroxylation sites is 1. The van der Waals surface area contributed by atoms with Gasteiger partial charge in [0.2, 0.25) is 0 Å². The average Bonchev–Trinajstić information content (AvgIpc) is 3.09. The molecule has 0 radical (unpaired) electrons. The van der Waals surface area contributed by atoms with Crippen molar-refractivity contribution in [3.05, 3.63) is 58.5 Å². The minimum Gasteiger partial charge on any atom is -0.332 e. The van der Waals surface area contributed by atoms with Gasteiger partial charge in [0.05, 0.1) is 5.69 Å². The maximum atomic E-state index is 13.0. The Kier molecular flexibility index (Phi) is 4.13. The molecule has 3 heterocycles. The number of nitrogens with zero attached hydrogens (tertiary/aromatic N) is 4. The van der Waals surface area contributed by atoms with Crippen molar-refractivity contribution in [1.82, 2.24) is 19.6 Å². The quantitative estimate of drug-likeness (QED) is 0.833. The van der Waals surface area contributed by atoms with Crippen LogP contribution in [0.25, 0.3) is 5.69 Å². The van der Waals surface area contributed by atoms with Crippen LogP contribution < -0.4 is 5.56 Å². The Balaban J connectivity index is 1.63. The highest BCUT2D eigenvalue weighted by Crippen LogP contribution is 2.25. The number of amides is 1. The van der Waals surface area contributed by atoms with E-state index in [2.05, 4.69) is 16.9 Å². The summed E-state index contributed by atoms with van der Waals surface area (Å²) < 4.78 is 1.30. The fraction of sp³-hybridized carbons (Fsp3) is 0.421. The van der Waals surface area contributed by atoms with Gasteiger partial charge in [-0.05, 0) is 44.5 Å². The Morgan fingerprint density at radius 1 is 1.12 bits per heavy atom. The highest BCUT2D eigenvalue weighted by atomic mass is 16.2. The fourth-order valence-electron chi connectivity index (χ4n) is 3.90. The zero-order valence-corrected chi connectivity index (χ0v) is 14.3. The molecule has 2 aliphatic rings. The third-order valence-corrected chi connectivity index (χ3v) is 5.22. The van der Waals surface area contributed by atoms with Crippen LogP contribution in [0.4, 0.5) is 0 Å². The number of fused-ring (bicyclic) bond motifs is 1. The number of hydrogen-bond acceptors (Lipinski definition) is 4. The minimum atomic E-state index is -0.239. The fourth-order valence-corrected chi connectivity index (χ4v) is 3.90. The van der Waals surface area contributed by atoms with Gasteiger partial charge in [0.15, 0.2) is 0 Å². The molecule has 1 amide bonds. The van der Waals surface area contributed by atoms with E-state index in [9.17, 15) is 9.59 Å². The molecule has 0 N–H and O–H groups in total. The van der Waals surface area contributed by atoms with Crippen LogP contribution in [0.3, 0.4) is 0 Å². The van der Waals surface area contributed by atoms with Crippen molar-refractivity contribution in [3.63, 3.8) is 0 Å². The molecule has 6 heteroatoms. The Bertz CT molecular complexity index is 833. The van der Waals surface area contributed by atoms with E-state index in [-0.39, 0.29) is 17.5 Å². The molecule has 0 saturated carbocycles. The summed E-state index contributed by atoms with van der Waals surface area (Å²) in [5.41, 5.74) is 0.744. The summed E-state index contributed by atoms with van der Waals surface area (Å²) in [6.07, 6.45) is 2.35. The van der Waals surface area contributed by atoms with Crippen LogP contribution in [0.15, 0.2) is 47.3 Å². The van der Waals surface area contributed by atoms with Gasteiger partial charge in [0.1, 0.15) is 5.69 Å². The number of benzene rings is 1. The first kappa shape index (κ1) is 16.0. The molecule has 0 unspecified atom stereocenters. The molecule has 2 aliphatic heterocycles. The lowest BCUT2D eigenvalue weighted by molar-refractivity contribution is 0.0388. The monoisotopic (exact) mass is 338 g/mol. The Morgan fingerprint density at radius 3 is 2.72 bits per heavy atom. The third-order valence-electron chi connectivity index (χ3n) is 5.22. The van der Waals surface area contributed by atoms with Gasteiger partial charge in [0, 0.05) is 31.2 Å². The van der Waals surface area contributed by atoms with E-state index in [1.54, 1.807) is 0 Å². The van der Waals surface area contributed by atoms with E-state index in [4.69, 9.17) is 0 Å². The van der Waals surface area contributed by atoms with Crippen molar-refractivity contribution in [2.75, 3.05) is 19.6 Å². The predicted molar refractivity (Wildman–Crippen MR) is 94.9 cm³/mol. The topological polar surface area (TPSA) is 58.4 Å². The first-order valence-corrected chi connectivity index (χ1v) is 8.84. The Morgan fingerprint density at radius 2 is 1.92 bits per heavy atom.